The van der Waals surface area contributed by atoms with E-state index in [0.717, 1.165) is 36.4 Å². The molecule has 0 saturated carbocycles. The van der Waals surface area contributed by atoms with Gasteiger partial charge in [-0.2, -0.15) is 16.9 Å². The third-order valence-corrected chi connectivity index (χ3v) is 6.81. The number of carbonyl (C=O) groups excluding carboxylic acids is 2. The lowest BCUT2D eigenvalue weighted by atomic mass is 9.92. The van der Waals surface area contributed by atoms with Crippen LogP contribution in [0, 0.1) is 0 Å². The van der Waals surface area contributed by atoms with E-state index in [1.807, 2.05) is 24.9 Å². The van der Waals surface area contributed by atoms with Gasteiger partial charge in [0.05, 0.1) is 30.0 Å². The molecule has 0 aromatic carbocycles. The van der Waals surface area contributed by atoms with Gasteiger partial charge in [-0.25, -0.2) is 4.79 Å². The second-order valence-electron chi connectivity index (χ2n) is 8.65. The van der Waals surface area contributed by atoms with Gasteiger partial charge in [0.15, 0.2) is 0 Å². The van der Waals surface area contributed by atoms with Crippen LogP contribution in [0.5, 0.6) is 0 Å². The van der Waals surface area contributed by atoms with Crippen molar-refractivity contribution in [3.63, 3.8) is 0 Å². The molecule has 2 saturated heterocycles. The number of rotatable bonds is 7. The molecule has 2 aliphatic rings. The molecule has 2 fully saturated rings. The monoisotopic (exact) mass is 393 g/mol. The first-order chi connectivity index (χ1) is 12.7. The van der Waals surface area contributed by atoms with Crippen LogP contribution in [0.15, 0.2) is 6.07 Å². The van der Waals surface area contributed by atoms with E-state index in [-0.39, 0.29) is 29.4 Å². The zero-order valence-electron chi connectivity index (χ0n) is 16.7. The molecule has 3 N–H and O–H groups in total. The first kappa shape index (κ1) is 20.0. The Bertz CT molecular complexity index is 684. The Balaban J connectivity index is 1.36. The summed E-state index contributed by atoms with van der Waals surface area (Å²) in [6.45, 7) is 6.93. The first-order valence-electron chi connectivity index (χ1n) is 9.71. The van der Waals surface area contributed by atoms with Crippen LogP contribution in [0.25, 0.3) is 0 Å². The van der Waals surface area contributed by atoms with Gasteiger partial charge in [-0.15, -0.1) is 0 Å². The fraction of sp³-hybridized carbons (Fsp3) is 0.737. The molecule has 3 rings (SSSR count). The van der Waals surface area contributed by atoms with Gasteiger partial charge in [-0.1, -0.05) is 27.2 Å². The van der Waals surface area contributed by atoms with Gasteiger partial charge < -0.3 is 15.5 Å². The van der Waals surface area contributed by atoms with E-state index in [9.17, 15) is 9.59 Å². The maximum atomic E-state index is 12.4. The molecule has 3 heterocycles. The lowest BCUT2D eigenvalue weighted by Crippen LogP contribution is -2.36. The molecule has 1 aromatic rings. The van der Waals surface area contributed by atoms with Gasteiger partial charge in [0.1, 0.15) is 0 Å². The van der Waals surface area contributed by atoms with E-state index in [1.54, 1.807) is 4.90 Å². The Morgan fingerprint density at radius 3 is 2.81 bits per heavy atom. The van der Waals surface area contributed by atoms with Crippen molar-refractivity contribution in [3.05, 3.63) is 17.5 Å². The number of H-pyrrole nitrogens is 1. The summed E-state index contributed by atoms with van der Waals surface area (Å²) < 4.78 is 0. The highest BCUT2D eigenvalue weighted by molar-refractivity contribution is 8.00. The molecular weight excluding hydrogens is 362 g/mol. The Morgan fingerprint density at radius 1 is 1.33 bits per heavy atom. The van der Waals surface area contributed by atoms with Crippen LogP contribution in [0.3, 0.4) is 0 Å². The van der Waals surface area contributed by atoms with Crippen molar-refractivity contribution in [2.24, 2.45) is 0 Å². The van der Waals surface area contributed by atoms with E-state index in [0.29, 0.717) is 18.2 Å². The fourth-order valence-corrected chi connectivity index (χ4v) is 5.17. The van der Waals surface area contributed by atoms with E-state index in [4.69, 9.17) is 0 Å². The Labute approximate surface area is 165 Å². The zero-order chi connectivity index (χ0) is 19.6. The number of aromatic nitrogens is 2. The summed E-state index contributed by atoms with van der Waals surface area (Å²) in [4.78, 5) is 25.6. The molecule has 1 aromatic heterocycles. The molecule has 8 heteroatoms. The van der Waals surface area contributed by atoms with Crippen LogP contribution in [-0.4, -0.2) is 57.2 Å². The highest BCUT2D eigenvalue weighted by Crippen LogP contribution is 2.33. The van der Waals surface area contributed by atoms with Crippen molar-refractivity contribution in [1.29, 1.82) is 0 Å². The predicted octanol–water partition coefficient (Wildman–Crippen LogP) is 2.39. The molecule has 0 radical (unpaired) electrons. The Hall–Kier alpha value is -1.70. The van der Waals surface area contributed by atoms with Crippen LogP contribution < -0.4 is 10.6 Å². The maximum Gasteiger partial charge on any atom is 0.315 e. The van der Waals surface area contributed by atoms with Crippen molar-refractivity contribution in [3.8, 4) is 0 Å². The number of hydrogen-bond acceptors (Lipinski definition) is 4. The number of thioether (sulfide) groups is 1. The lowest BCUT2D eigenvalue weighted by Gasteiger charge is -2.18. The molecule has 0 spiro atoms. The highest BCUT2D eigenvalue weighted by Gasteiger charge is 2.42. The van der Waals surface area contributed by atoms with Gasteiger partial charge in [0, 0.05) is 29.9 Å². The number of nitrogens with one attached hydrogen (secondary N) is 3. The van der Waals surface area contributed by atoms with Crippen LogP contribution in [-0.2, 0) is 16.8 Å². The standard InChI is InChI=1S/C19H31N5O2S/c1-19(2,3)15-9-12(22-23-15)10-24(4)16(25)8-6-5-7-14-17-13(11-27-14)20-18(26)21-17/h9,13-14,17H,5-8,10-11H2,1-4H3,(H,22,23)(H2,20,21,26)/t13-,14-,17-/m0/s1. The predicted molar refractivity (Wildman–Crippen MR) is 108 cm³/mol. The van der Waals surface area contributed by atoms with Gasteiger partial charge >= 0.3 is 6.03 Å². The molecule has 0 bridgehead atoms. The number of hydrogen-bond donors (Lipinski definition) is 3. The van der Waals surface area contributed by atoms with Crippen LogP contribution in [0.4, 0.5) is 4.79 Å². The second kappa shape index (κ2) is 8.12. The first-order valence-corrected chi connectivity index (χ1v) is 10.8. The SMILES string of the molecule is CN(Cc1cc(C(C)(C)C)n[nH]1)C(=O)CCCC[C@@H]1SC[C@@H]2NC(=O)N[C@@H]21. The quantitative estimate of drug-likeness (QED) is 0.490. The molecule has 3 amide bonds. The number of aromatic amines is 1. The number of unbranched alkanes of at least 4 members (excludes halogenated alkanes) is 1. The topological polar surface area (TPSA) is 90.1 Å². The van der Waals surface area contributed by atoms with E-state index in [1.165, 1.54) is 0 Å². The number of nitrogens with zero attached hydrogens (tertiary/aromatic N) is 2. The number of fused-ring (bicyclic) bond motifs is 1. The molecule has 7 nitrogen and oxygen atoms in total. The summed E-state index contributed by atoms with van der Waals surface area (Å²) in [7, 11) is 1.84. The molecular formula is C19H31N5O2S. The molecule has 27 heavy (non-hydrogen) atoms. The summed E-state index contributed by atoms with van der Waals surface area (Å²) in [5.41, 5.74) is 1.98. The smallest absolute Gasteiger partial charge is 0.315 e. The average molecular weight is 394 g/mol. The van der Waals surface area contributed by atoms with Crippen molar-refractivity contribution in [2.45, 2.75) is 75.7 Å². The molecule has 3 atom stereocenters. The average Bonchev–Trinajstić information content (AvgIpc) is 3.27. The zero-order valence-corrected chi connectivity index (χ0v) is 17.5. The Morgan fingerprint density at radius 2 is 2.11 bits per heavy atom. The van der Waals surface area contributed by atoms with Gasteiger partial charge in [0.25, 0.3) is 0 Å². The summed E-state index contributed by atoms with van der Waals surface area (Å²) in [6, 6.07) is 2.52. The number of amides is 3. The summed E-state index contributed by atoms with van der Waals surface area (Å²) in [6.07, 6.45) is 3.50. The van der Waals surface area contributed by atoms with Crippen molar-refractivity contribution >= 4 is 23.7 Å². The lowest BCUT2D eigenvalue weighted by molar-refractivity contribution is -0.130. The number of carbonyl (C=O) groups is 2. The second-order valence-corrected chi connectivity index (χ2v) is 9.92. The van der Waals surface area contributed by atoms with Gasteiger partial charge in [-0.05, 0) is 18.9 Å². The molecule has 0 unspecified atom stereocenters. The molecule has 0 aliphatic carbocycles. The minimum absolute atomic E-state index is 0.00287. The minimum atomic E-state index is -0.0412. The fourth-order valence-electron chi connectivity index (χ4n) is 3.63. The largest absolute Gasteiger partial charge is 0.340 e. The van der Waals surface area contributed by atoms with Gasteiger partial charge in [-0.3, -0.25) is 9.89 Å². The maximum absolute atomic E-state index is 12.4. The normalized spacial score (nSPS) is 24.4. The molecule has 2 aliphatic heterocycles. The summed E-state index contributed by atoms with van der Waals surface area (Å²) >= 11 is 1.92. The van der Waals surface area contributed by atoms with Crippen molar-refractivity contribution in [2.75, 3.05) is 12.8 Å². The third-order valence-electron chi connectivity index (χ3n) is 5.30. The van der Waals surface area contributed by atoms with Gasteiger partial charge in [0.2, 0.25) is 5.91 Å². The summed E-state index contributed by atoms with van der Waals surface area (Å²) in [5.74, 6) is 1.14. The number of urea groups is 1. The molecule has 150 valence electrons. The van der Waals surface area contributed by atoms with Crippen LogP contribution in [0.1, 0.15) is 57.8 Å². The van der Waals surface area contributed by atoms with Crippen molar-refractivity contribution < 1.29 is 9.59 Å². The Kier molecular flexibility index (Phi) is 6.03. The third kappa shape index (κ3) is 4.97. The van der Waals surface area contributed by atoms with Crippen LogP contribution in [0.2, 0.25) is 0 Å². The summed E-state index contributed by atoms with van der Waals surface area (Å²) in [5, 5.41) is 13.8. The van der Waals surface area contributed by atoms with Crippen LogP contribution >= 0.6 is 11.8 Å². The minimum Gasteiger partial charge on any atom is -0.340 e. The van der Waals surface area contributed by atoms with E-state index >= 15 is 0 Å². The van der Waals surface area contributed by atoms with E-state index < -0.39 is 0 Å². The highest BCUT2D eigenvalue weighted by atomic mass is 32.2. The van der Waals surface area contributed by atoms with E-state index in [2.05, 4.69) is 41.6 Å². The van der Waals surface area contributed by atoms with Crippen molar-refractivity contribution in [1.82, 2.24) is 25.7 Å².